The zero-order valence-electron chi connectivity index (χ0n) is 12.4. The third-order valence-corrected chi connectivity index (χ3v) is 3.66. The van der Waals surface area contributed by atoms with Gasteiger partial charge in [0.2, 0.25) is 5.91 Å². The lowest BCUT2D eigenvalue weighted by molar-refractivity contribution is -0.119. The number of piperidine rings is 1. The molecule has 1 aromatic carbocycles. The normalized spacial score (nSPS) is 15.4. The number of para-hydroxylation sites is 2. The molecule has 1 heterocycles. The van der Waals surface area contributed by atoms with Crippen molar-refractivity contribution in [3.8, 4) is 0 Å². The first-order valence-corrected chi connectivity index (χ1v) is 7.07. The van der Waals surface area contributed by atoms with E-state index in [1.165, 1.54) is 19.3 Å². The highest BCUT2D eigenvalue weighted by Crippen LogP contribution is 2.28. The monoisotopic (exact) mass is 333 g/mol. The summed E-state index contributed by atoms with van der Waals surface area (Å²) in [6.07, 6.45) is 3.75. The van der Waals surface area contributed by atoms with E-state index in [9.17, 15) is 4.79 Å². The maximum Gasteiger partial charge on any atom is 0.228 e. The van der Waals surface area contributed by atoms with Gasteiger partial charge in [-0.25, -0.2) is 0 Å². The summed E-state index contributed by atoms with van der Waals surface area (Å²) in [5.74, 6) is -0.165. The van der Waals surface area contributed by atoms with Crippen LogP contribution in [0.15, 0.2) is 24.3 Å². The molecule has 1 unspecified atom stereocenters. The van der Waals surface area contributed by atoms with Gasteiger partial charge in [-0.1, -0.05) is 19.1 Å². The number of benzene rings is 1. The molecule has 120 valence electrons. The summed E-state index contributed by atoms with van der Waals surface area (Å²) in [6, 6.07) is 8.02. The van der Waals surface area contributed by atoms with E-state index in [2.05, 4.69) is 16.3 Å². The molecule has 0 bridgehead atoms. The molecule has 0 spiro atoms. The summed E-state index contributed by atoms with van der Waals surface area (Å²) in [5.41, 5.74) is 7.56. The highest BCUT2D eigenvalue weighted by atomic mass is 35.5. The highest BCUT2D eigenvalue weighted by molar-refractivity contribution is 5.95. The highest BCUT2D eigenvalue weighted by Gasteiger charge is 2.17. The van der Waals surface area contributed by atoms with E-state index in [-0.39, 0.29) is 36.6 Å². The molecule has 1 aromatic rings. The molecule has 1 aliphatic rings. The first-order chi connectivity index (χ1) is 9.22. The Labute approximate surface area is 139 Å². The fourth-order valence-corrected chi connectivity index (χ4v) is 2.35. The average molecular weight is 334 g/mol. The van der Waals surface area contributed by atoms with E-state index in [1.807, 2.05) is 25.1 Å². The lowest BCUT2D eigenvalue weighted by Crippen LogP contribution is -2.31. The Morgan fingerprint density at radius 1 is 1.24 bits per heavy atom. The van der Waals surface area contributed by atoms with Crippen LogP contribution in [0.3, 0.4) is 0 Å². The van der Waals surface area contributed by atoms with Crippen molar-refractivity contribution in [2.24, 2.45) is 11.7 Å². The number of amides is 1. The SMILES string of the molecule is CC(CN)C(=O)Nc1ccccc1N1CCCCC1.Cl.Cl. The number of anilines is 2. The molecule has 2 rings (SSSR count). The maximum atomic E-state index is 12.0. The Hall–Kier alpha value is -0.970. The Morgan fingerprint density at radius 2 is 1.86 bits per heavy atom. The van der Waals surface area contributed by atoms with Crippen molar-refractivity contribution in [1.29, 1.82) is 0 Å². The van der Waals surface area contributed by atoms with Crippen LogP contribution in [-0.4, -0.2) is 25.5 Å². The van der Waals surface area contributed by atoms with Gasteiger partial charge in [0, 0.05) is 25.6 Å². The third kappa shape index (κ3) is 5.38. The molecule has 21 heavy (non-hydrogen) atoms. The van der Waals surface area contributed by atoms with Crippen LogP contribution >= 0.6 is 24.8 Å². The standard InChI is InChI=1S/C15H23N3O.2ClH/c1-12(11-16)15(19)17-13-7-3-4-8-14(13)18-9-5-2-6-10-18;;/h3-4,7-8,12H,2,5-6,9-11,16H2,1H3,(H,17,19);2*1H. The summed E-state index contributed by atoms with van der Waals surface area (Å²) in [7, 11) is 0. The lowest BCUT2D eigenvalue weighted by Gasteiger charge is -2.30. The predicted octanol–water partition coefficient (Wildman–Crippen LogP) is 3.05. The molecule has 1 aliphatic heterocycles. The number of nitrogens with zero attached hydrogens (tertiary/aromatic N) is 1. The quantitative estimate of drug-likeness (QED) is 0.890. The van der Waals surface area contributed by atoms with Crippen LogP contribution in [0, 0.1) is 5.92 Å². The Balaban J connectivity index is 0.00000200. The number of rotatable bonds is 4. The van der Waals surface area contributed by atoms with Crippen molar-refractivity contribution >= 4 is 42.1 Å². The van der Waals surface area contributed by atoms with Crippen LogP contribution in [0.1, 0.15) is 26.2 Å². The van der Waals surface area contributed by atoms with E-state index in [4.69, 9.17) is 5.73 Å². The minimum absolute atomic E-state index is 0. The molecule has 1 saturated heterocycles. The largest absolute Gasteiger partial charge is 0.370 e. The topological polar surface area (TPSA) is 58.4 Å². The van der Waals surface area contributed by atoms with Gasteiger partial charge in [-0.15, -0.1) is 24.8 Å². The summed E-state index contributed by atoms with van der Waals surface area (Å²) in [6.45, 7) is 4.36. The number of hydrogen-bond donors (Lipinski definition) is 2. The maximum absolute atomic E-state index is 12.0. The van der Waals surface area contributed by atoms with Crippen molar-refractivity contribution in [2.75, 3.05) is 29.9 Å². The number of carbonyl (C=O) groups excluding carboxylic acids is 1. The zero-order valence-corrected chi connectivity index (χ0v) is 14.0. The number of nitrogens with one attached hydrogen (secondary N) is 1. The van der Waals surface area contributed by atoms with Crippen LogP contribution in [0.25, 0.3) is 0 Å². The van der Waals surface area contributed by atoms with Crippen LogP contribution < -0.4 is 16.0 Å². The molecular formula is C15H25Cl2N3O. The Bertz CT molecular complexity index is 437. The second kappa shape index (κ2) is 9.87. The molecule has 0 radical (unpaired) electrons. The molecule has 1 atom stereocenters. The third-order valence-electron chi connectivity index (χ3n) is 3.66. The van der Waals surface area contributed by atoms with E-state index in [1.54, 1.807) is 0 Å². The van der Waals surface area contributed by atoms with Crippen LogP contribution in [0.2, 0.25) is 0 Å². The molecular weight excluding hydrogens is 309 g/mol. The van der Waals surface area contributed by atoms with Gasteiger partial charge in [-0.3, -0.25) is 4.79 Å². The minimum atomic E-state index is -0.158. The Morgan fingerprint density at radius 3 is 2.48 bits per heavy atom. The van der Waals surface area contributed by atoms with Gasteiger partial charge < -0.3 is 16.0 Å². The minimum Gasteiger partial charge on any atom is -0.370 e. The molecule has 0 aromatic heterocycles. The van der Waals surface area contributed by atoms with E-state index < -0.39 is 0 Å². The number of halogens is 2. The van der Waals surface area contributed by atoms with Gasteiger partial charge in [-0.2, -0.15) is 0 Å². The van der Waals surface area contributed by atoms with Gasteiger partial charge in [0.15, 0.2) is 0 Å². The van der Waals surface area contributed by atoms with Crippen molar-refractivity contribution in [3.05, 3.63) is 24.3 Å². The van der Waals surface area contributed by atoms with Crippen LogP contribution in [0.5, 0.6) is 0 Å². The average Bonchev–Trinajstić information content (AvgIpc) is 2.47. The molecule has 0 aliphatic carbocycles. The first-order valence-electron chi connectivity index (χ1n) is 7.07. The van der Waals surface area contributed by atoms with Gasteiger partial charge in [0.25, 0.3) is 0 Å². The second-order valence-electron chi connectivity index (χ2n) is 5.19. The molecule has 3 N–H and O–H groups in total. The van der Waals surface area contributed by atoms with Crippen molar-refractivity contribution in [2.45, 2.75) is 26.2 Å². The van der Waals surface area contributed by atoms with Crippen LogP contribution in [-0.2, 0) is 4.79 Å². The van der Waals surface area contributed by atoms with Crippen molar-refractivity contribution in [3.63, 3.8) is 0 Å². The first kappa shape index (κ1) is 20.0. The Kier molecular flexibility index (Phi) is 9.42. The van der Waals surface area contributed by atoms with E-state index >= 15 is 0 Å². The predicted molar refractivity (Wildman–Crippen MR) is 93.9 cm³/mol. The number of hydrogen-bond acceptors (Lipinski definition) is 3. The lowest BCUT2D eigenvalue weighted by atomic mass is 10.1. The van der Waals surface area contributed by atoms with Gasteiger partial charge >= 0.3 is 0 Å². The van der Waals surface area contributed by atoms with Gasteiger partial charge in [-0.05, 0) is 31.4 Å². The molecule has 1 fully saturated rings. The fourth-order valence-electron chi connectivity index (χ4n) is 2.35. The molecule has 6 heteroatoms. The van der Waals surface area contributed by atoms with E-state index in [0.29, 0.717) is 6.54 Å². The molecule has 0 saturated carbocycles. The fraction of sp³-hybridized carbons (Fsp3) is 0.533. The number of carbonyl (C=O) groups is 1. The smallest absolute Gasteiger partial charge is 0.228 e. The summed E-state index contributed by atoms with van der Waals surface area (Å²) in [4.78, 5) is 14.3. The van der Waals surface area contributed by atoms with E-state index in [0.717, 1.165) is 24.5 Å². The number of nitrogens with two attached hydrogens (primary N) is 1. The van der Waals surface area contributed by atoms with Crippen molar-refractivity contribution < 1.29 is 4.79 Å². The van der Waals surface area contributed by atoms with Gasteiger partial charge in [0.05, 0.1) is 11.4 Å². The van der Waals surface area contributed by atoms with Crippen LogP contribution in [0.4, 0.5) is 11.4 Å². The zero-order chi connectivity index (χ0) is 13.7. The summed E-state index contributed by atoms with van der Waals surface area (Å²) in [5, 5.41) is 3.00. The van der Waals surface area contributed by atoms with Crippen molar-refractivity contribution in [1.82, 2.24) is 0 Å². The summed E-state index contributed by atoms with van der Waals surface area (Å²) < 4.78 is 0. The summed E-state index contributed by atoms with van der Waals surface area (Å²) >= 11 is 0. The van der Waals surface area contributed by atoms with Gasteiger partial charge in [0.1, 0.15) is 0 Å². The molecule has 1 amide bonds. The molecule has 4 nitrogen and oxygen atoms in total. The second-order valence-corrected chi connectivity index (χ2v) is 5.19.